The normalized spacial score (nSPS) is 23.5. The van der Waals surface area contributed by atoms with Gasteiger partial charge in [-0.2, -0.15) is 0 Å². The van der Waals surface area contributed by atoms with Crippen molar-refractivity contribution in [1.82, 2.24) is 4.98 Å². The zero-order valence-electron chi connectivity index (χ0n) is 13.3. The highest BCUT2D eigenvalue weighted by molar-refractivity contribution is 5.41. The molecule has 0 amide bonds. The van der Waals surface area contributed by atoms with Gasteiger partial charge < -0.3 is 25.4 Å². The Kier molecular flexibility index (Phi) is 5.30. The Hall–Kier alpha value is -2.15. The number of nitrogens with zero attached hydrogens (tertiary/aromatic N) is 1. The van der Waals surface area contributed by atoms with Crippen molar-refractivity contribution in [3.05, 3.63) is 53.9 Å². The van der Waals surface area contributed by atoms with Crippen LogP contribution in [0.1, 0.15) is 30.1 Å². The van der Waals surface area contributed by atoms with E-state index in [1.807, 2.05) is 18.3 Å². The van der Waals surface area contributed by atoms with Crippen LogP contribution in [0.25, 0.3) is 0 Å². The van der Waals surface area contributed by atoms with Crippen LogP contribution >= 0.6 is 0 Å². The van der Waals surface area contributed by atoms with Crippen LogP contribution in [0.2, 0.25) is 0 Å². The zero-order chi connectivity index (χ0) is 16.9. The second-order valence-corrected chi connectivity index (χ2v) is 5.98. The molecule has 3 rings (SSSR count). The van der Waals surface area contributed by atoms with Crippen LogP contribution < -0.4 is 5.73 Å². The number of phenols is 2. The lowest BCUT2D eigenvalue weighted by Crippen LogP contribution is -2.32. The van der Waals surface area contributed by atoms with Crippen molar-refractivity contribution in [3.63, 3.8) is 0 Å². The van der Waals surface area contributed by atoms with Crippen molar-refractivity contribution in [2.24, 2.45) is 5.73 Å². The summed E-state index contributed by atoms with van der Waals surface area (Å²) in [4.78, 5) is 4.09. The van der Waals surface area contributed by atoms with Crippen molar-refractivity contribution >= 4 is 0 Å². The molecule has 1 aromatic carbocycles. The summed E-state index contributed by atoms with van der Waals surface area (Å²) in [6, 6.07) is 8.41. The summed E-state index contributed by atoms with van der Waals surface area (Å²) >= 11 is 0. The average Bonchev–Trinajstić information content (AvgIpc) is 2.96. The van der Waals surface area contributed by atoms with Gasteiger partial charge in [-0.3, -0.25) is 4.98 Å². The number of aryl methyl sites for hydroxylation is 1. The molecule has 2 heterocycles. The third kappa shape index (κ3) is 4.03. The third-order valence-corrected chi connectivity index (χ3v) is 4.12. The van der Waals surface area contributed by atoms with Gasteiger partial charge in [0, 0.05) is 12.4 Å². The van der Waals surface area contributed by atoms with Crippen LogP contribution in [0.5, 0.6) is 11.5 Å². The number of hydrogen-bond donors (Lipinski definition) is 3. The average molecular weight is 330 g/mol. The molecule has 2 aromatic rings. The lowest BCUT2D eigenvalue weighted by atomic mass is 10.0. The van der Waals surface area contributed by atoms with Crippen molar-refractivity contribution in [1.29, 1.82) is 0 Å². The lowest BCUT2D eigenvalue weighted by molar-refractivity contribution is -0.140. The highest BCUT2D eigenvalue weighted by Crippen LogP contribution is 2.36. The minimum Gasteiger partial charge on any atom is -0.504 e. The predicted octanol–water partition coefficient (Wildman–Crippen LogP) is 2.26. The van der Waals surface area contributed by atoms with E-state index >= 15 is 0 Å². The first-order chi connectivity index (χ1) is 11.6. The maximum absolute atomic E-state index is 9.60. The van der Waals surface area contributed by atoms with Gasteiger partial charge in [-0.15, -0.1) is 0 Å². The second kappa shape index (κ2) is 7.61. The van der Waals surface area contributed by atoms with E-state index in [9.17, 15) is 10.2 Å². The molecule has 0 bridgehead atoms. The van der Waals surface area contributed by atoms with Crippen LogP contribution in [-0.2, 0) is 15.9 Å². The number of nitrogens with two attached hydrogens (primary N) is 1. The quantitative estimate of drug-likeness (QED) is 0.555. The van der Waals surface area contributed by atoms with Gasteiger partial charge in [0.05, 0.1) is 18.8 Å². The SMILES string of the molecule is NC1CC(c2ccc(O)c(O)c2)OC1OCCCc1cccnc1. The number of benzene rings is 1. The molecule has 0 spiro atoms. The Bertz CT molecular complexity index is 665. The van der Waals surface area contributed by atoms with E-state index < -0.39 is 6.29 Å². The fourth-order valence-corrected chi connectivity index (χ4v) is 2.82. The minimum atomic E-state index is -0.458. The molecular weight excluding hydrogens is 308 g/mol. The van der Waals surface area contributed by atoms with Crippen molar-refractivity contribution in [2.75, 3.05) is 6.61 Å². The third-order valence-electron chi connectivity index (χ3n) is 4.12. The van der Waals surface area contributed by atoms with Crippen molar-refractivity contribution in [3.8, 4) is 11.5 Å². The smallest absolute Gasteiger partial charge is 0.173 e. The molecule has 3 unspecified atom stereocenters. The summed E-state index contributed by atoms with van der Waals surface area (Å²) in [6.45, 7) is 0.556. The molecule has 6 heteroatoms. The second-order valence-electron chi connectivity index (χ2n) is 5.98. The van der Waals surface area contributed by atoms with E-state index in [0.29, 0.717) is 13.0 Å². The van der Waals surface area contributed by atoms with Crippen LogP contribution in [0.15, 0.2) is 42.7 Å². The maximum Gasteiger partial charge on any atom is 0.173 e. The number of ether oxygens (including phenoxy) is 2. The van der Waals surface area contributed by atoms with Crippen molar-refractivity contribution < 1.29 is 19.7 Å². The molecule has 1 aliphatic rings. The van der Waals surface area contributed by atoms with Gasteiger partial charge in [0.25, 0.3) is 0 Å². The molecule has 4 N–H and O–H groups in total. The molecule has 0 aliphatic carbocycles. The predicted molar refractivity (Wildman–Crippen MR) is 88.5 cm³/mol. The molecule has 24 heavy (non-hydrogen) atoms. The van der Waals surface area contributed by atoms with Gasteiger partial charge in [0.1, 0.15) is 0 Å². The monoisotopic (exact) mass is 330 g/mol. The zero-order valence-corrected chi connectivity index (χ0v) is 13.3. The Morgan fingerprint density at radius 1 is 1.25 bits per heavy atom. The summed E-state index contributed by atoms with van der Waals surface area (Å²) < 4.78 is 11.6. The number of hydrogen-bond acceptors (Lipinski definition) is 6. The molecule has 0 radical (unpaired) electrons. The minimum absolute atomic E-state index is 0.149. The summed E-state index contributed by atoms with van der Waals surface area (Å²) in [5.74, 6) is -0.310. The Morgan fingerprint density at radius 3 is 2.88 bits per heavy atom. The van der Waals surface area contributed by atoms with E-state index in [4.69, 9.17) is 15.2 Å². The molecule has 1 aliphatic heterocycles. The van der Waals surface area contributed by atoms with Gasteiger partial charge in [-0.25, -0.2) is 0 Å². The molecule has 1 aromatic heterocycles. The number of phenolic OH excluding ortho intramolecular Hbond substituents is 2. The molecule has 0 saturated carbocycles. The van der Waals surface area contributed by atoms with Gasteiger partial charge in [-0.05, 0) is 48.6 Å². The first kappa shape index (κ1) is 16.7. The maximum atomic E-state index is 9.60. The largest absolute Gasteiger partial charge is 0.504 e. The van der Waals surface area contributed by atoms with E-state index in [-0.39, 0.29) is 23.6 Å². The molecular formula is C18H22N2O4. The molecule has 1 saturated heterocycles. The van der Waals surface area contributed by atoms with E-state index in [0.717, 1.165) is 18.4 Å². The molecule has 3 atom stereocenters. The van der Waals surface area contributed by atoms with Crippen molar-refractivity contribution in [2.45, 2.75) is 37.7 Å². The molecule has 6 nitrogen and oxygen atoms in total. The summed E-state index contributed by atoms with van der Waals surface area (Å²) in [5, 5.41) is 19.0. The van der Waals surface area contributed by atoms with Crippen LogP contribution in [-0.4, -0.2) is 34.1 Å². The van der Waals surface area contributed by atoms with Crippen LogP contribution in [0.4, 0.5) is 0 Å². The number of rotatable bonds is 6. The standard InChI is InChI=1S/C18H22N2O4/c19-14-10-17(13-5-6-15(21)16(22)9-13)24-18(14)23-8-2-4-12-3-1-7-20-11-12/h1,3,5-7,9,11,14,17-18,21-22H,2,4,8,10,19H2. The topological polar surface area (TPSA) is 97.8 Å². The van der Waals surface area contributed by atoms with Crippen LogP contribution in [0.3, 0.4) is 0 Å². The van der Waals surface area contributed by atoms with Gasteiger partial charge >= 0.3 is 0 Å². The summed E-state index contributed by atoms with van der Waals surface area (Å²) in [7, 11) is 0. The first-order valence-corrected chi connectivity index (χ1v) is 8.07. The van der Waals surface area contributed by atoms with Gasteiger partial charge in [0.2, 0.25) is 0 Å². The van der Waals surface area contributed by atoms with E-state index in [1.165, 1.54) is 17.7 Å². The highest BCUT2D eigenvalue weighted by atomic mass is 16.7. The summed E-state index contributed by atoms with van der Waals surface area (Å²) in [6.07, 6.45) is 5.28. The Morgan fingerprint density at radius 2 is 2.12 bits per heavy atom. The number of aromatic nitrogens is 1. The summed E-state index contributed by atoms with van der Waals surface area (Å²) in [5.41, 5.74) is 8.05. The van der Waals surface area contributed by atoms with E-state index in [2.05, 4.69) is 4.98 Å². The fourth-order valence-electron chi connectivity index (χ4n) is 2.82. The van der Waals surface area contributed by atoms with Gasteiger partial charge in [0.15, 0.2) is 17.8 Å². The lowest BCUT2D eigenvalue weighted by Gasteiger charge is -2.16. The molecule has 128 valence electrons. The number of aromatic hydroxyl groups is 2. The Labute approximate surface area is 140 Å². The fraction of sp³-hybridized carbons (Fsp3) is 0.389. The van der Waals surface area contributed by atoms with Crippen LogP contribution in [0, 0.1) is 0 Å². The number of pyridine rings is 1. The van der Waals surface area contributed by atoms with Gasteiger partial charge in [-0.1, -0.05) is 12.1 Å². The Balaban J connectivity index is 1.48. The van der Waals surface area contributed by atoms with E-state index in [1.54, 1.807) is 12.3 Å². The highest BCUT2D eigenvalue weighted by Gasteiger charge is 2.34. The first-order valence-electron chi connectivity index (χ1n) is 8.07. The molecule has 1 fully saturated rings.